The quantitative estimate of drug-likeness (QED) is 0.926. The number of hydrogen-bond acceptors (Lipinski definition) is 3. The summed E-state index contributed by atoms with van der Waals surface area (Å²) in [5.74, 6) is 1.07. The molecule has 2 unspecified atom stereocenters. The molecule has 3 nitrogen and oxygen atoms in total. The topological polar surface area (TPSA) is 28.4 Å². The van der Waals surface area contributed by atoms with Gasteiger partial charge in [-0.15, -0.1) is 0 Å². The van der Waals surface area contributed by atoms with Crippen LogP contribution in [0.3, 0.4) is 0 Å². The lowest BCUT2D eigenvalue weighted by Gasteiger charge is -2.40. The van der Waals surface area contributed by atoms with E-state index in [1.54, 1.807) is 6.26 Å². The first kappa shape index (κ1) is 13.4. The summed E-state index contributed by atoms with van der Waals surface area (Å²) >= 11 is 0. The normalized spacial score (nSPS) is 21.8. The van der Waals surface area contributed by atoms with E-state index in [0.29, 0.717) is 12.1 Å². The minimum atomic E-state index is 0.454. The van der Waals surface area contributed by atoms with Crippen LogP contribution in [-0.4, -0.2) is 30.6 Å². The van der Waals surface area contributed by atoms with Gasteiger partial charge < -0.3 is 9.73 Å². The molecule has 1 aromatic carbocycles. The van der Waals surface area contributed by atoms with Crippen LogP contribution in [0.1, 0.15) is 24.3 Å². The van der Waals surface area contributed by atoms with Gasteiger partial charge in [-0.25, -0.2) is 0 Å². The summed E-state index contributed by atoms with van der Waals surface area (Å²) in [6.45, 7) is 5.46. The van der Waals surface area contributed by atoms with Crippen LogP contribution in [0.4, 0.5) is 0 Å². The van der Waals surface area contributed by atoms with Gasteiger partial charge in [-0.2, -0.15) is 0 Å². The largest absolute Gasteiger partial charge is 0.469 e. The highest BCUT2D eigenvalue weighted by Gasteiger charge is 2.27. The van der Waals surface area contributed by atoms with Crippen LogP contribution in [0, 0.1) is 0 Å². The molecule has 0 spiro atoms. The molecule has 3 rings (SSSR count). The molecule has 1 aliphatic heterocycles. The van der Waals surface area contributed by atoms with Crippen LogP contribution >= 0.6 is 0 Å². The highest BCUT2D eigenvalue weighted by Crippen LogP contribution is 2.25. The fourth-order valence-electron chi connectivity index (χ4n) is 3.07. The van der Waals surface area contributed by atoms with Crippen LogP contribution in [0.25, 0.3) is 0 Å². The highest BCUT2D eigenvalue weighted by molar-refractivity contribution is 5.20. The average molecular weight is 270 g/mol. The van der Waals surface area contributed by atoms with E-state index in [4.69, 9.17) is 4.42 Å². The second-order valence-electron chi connectivity index (χ2n) is 5.50. The summed E-state index contributed by atoms with van der Waals surface area (Å²) in [6, 6.07) is 15.7. The maximum absolute atomic E-state index is 5.49. The first-order chi connectivity index (χ1) is 9.84. The monoisotopic (exact) mass is 270 g/mol. The van der Waals surface area contributed by atoms with Gasteiger partial charge in [-0.3, -0.25) is 4.90 Å². The van der Waals surface area contributed by atoms with Crippen molar-refractivity contribution in [1.29, 1.82) is 0 Å². The number of benzene rings is 1. The summed E-state index contributed by atoms with van der Waals surface area (Å²) in [6.07, 6.45) is 2.73. The number of nitrogens with one attached hydrogen (secondary N) is 1. The molecule has 20 heavy (non-hydrogen) atoms. The SMILES string of the molecule is CC(Cc1ccco1)N1CCNCC1c1ccccc1. The zero-order valence-electron chi connectivity index (χ0n) is 12.0. The van der Waals surface area contributed by atoms with Gasteiger partial charge in [0.25, 0.3) is 0 Å². The number of furan rings is 1. The second-order valence-corrected chi connectivity index (χ2v) is 5.50. The van der Waals surface area contributed by atoms with E-state index in [2.05, 4.69) is 53.5 Å². The van der Waals surface area contributed by atoms with E-state index in [-0.39, 0.29) is 0 Å². The van der Waals surface area contributed by atoms with Gasteiger partial charge in [0, 0.05) is 38.1 Å². The Morgan fingerprint density at radius 2 is 2.10 bits per heavy atom. The lowest BCUT2D eigenvalue weighted by molar-refractivity contribution is 0.111. The van der Waals surface area contributed by atoms with Crippen LogP contribution in [0.5, 0.6) is 0 Å². The Bertz CT molecular complexity index is 509. The molecular weight excluding hydrogens is 248 g/mol. The molecule has 1 aliphatic rings. The Morgan fingerprint density at radius 1 is 1.25 bits per heavy atom. The summed E-state index contributed by atoms with van der Waals surface area (Å²) in [7, 11) is 0. The van der Waals surface area contributed by atoms with Gasteiger partial charge in [0.1, 0.15) is 5.76 Å². The van der Waals surface area contributed by atoms with Gasteiger partial charge in [-0.05, 0) is 24.6 Å². The molecule has 0 aliphatic carbocycles. The number of hydrogen-bond donors (Lipinski definition) is 1. The fraction of sp³-hybridized carbons (Fsp3) is 0.412. The molecule has 2 aromatic rings. The molecule has 2 atom stereocenters. The molecule has 2 heterocycles. The molecule has 0 bridgehead atoms. The first-order valence-electron chi connectivity index (χ1n) is 7.38. The predicted molar refractivity (Wildman–Crippen MR) is 80.6 cm³/mol. The summed E-state index contributed by atoms with van der Waals surface area (Å²) in [5, 5.41) is 3.51. The maximum atomic E-state index is 5.49. The van der Waals surface area contributed by atoms with Gasteiger partial charge >= 0.3 is 0 Å². The Morgan fingerprint density at radius 3 is 2.85 bits per heavy atom. The van der Waals surface area contributed by atoms with Crippen molar-refractivity contribution in [1.82, 2.24) is 10.2 Å². The highest BCUT2D eigenvalue weighted by atomic mass is 16.3. The molecule has 106 valence electrons. The van der Waals surface area contributed by atoms with Gasteiger partial charge in [0.15, 0.2) is 0 Å². The van der Waals surface area contributed by atoms with E-state index in [9.17, 15) is 0 Å². The van der Waals surface area contributed by atoms with Crippen molar-refractivity contribution in [2.45, 2.75) is 25.4 Å². The van der Waals surface area contributed by atoms with Crippen molar-refractivity contribution >= 4 is 0 Å². The van der Waals surface area contributed by atoms with Crippen LogP contribution in [0.2, 0.25) is 0 Å². The third kappa shape index (κ3) is 2.94. The van der Waals surface area contributed by atoms with E-state index < -0.39 is 0 Å². The fourth-order valence-corrected chi connectivity index (χ4v) is 3.07. The van der Waals surface area contributed by atoms with Gasteiger partial charge in [0.05, 0.1) is 6.26 Å². The lowest BCUT2D eigenvalue weighted by atomic mass is 10.00. The van der Waals surface area contributed by atoms with E-state index in [1.165, 1.54) is 5.56 Å². The Balaban J connectivity index is 1.75. The van der Waals surface area contributed by atoms with Crippen molar-refractivity contribution in [2.24, 2.45) is 0 Å². The average Bonchev–Trinajstić information content (AvgIpc) is 3.01. The summed E-state index contributed by atoms with van der Waals surface area (Å²) < 4.78 is 5.49. The smallest absolute Gasteiger partial charge is 0.105 e. The molecule has 1 saturated heterocycles. The van der Waals surface area contributed by atoms with E-state index in [1.807, 2.05) is 6.07 Å². The zero-order chi connectivity index (χ0) is 13.8. The zero-order valence-corrected chi connectivity index (χ0v) is 12.0. The first-order valence-corrected chi connectivity index (χ1v) is 7.38. The third-order valence-electron chi connectivity index (χ3n) is 4.11. The van der Waals surface area contributed by atoms with Crippen LogP contribution < -0.4 is 5.32 Å². The number of rotatable bonds is 4. The standard InChI is InChI=1S/C17H22N2O/c1-14(12-16-8-5-11-20-16)19-10-9-18-13-17(19)15-6-3-2-4-7-15/h2-8,11,14,17-18H,9-10,12-13H2,1H3. The lowest BCUT2D eigenvalue weighted by Crippen LogP contribution is -2.50. The van der Waals surface area contributed by atoms with Crippen LogP contribution in [-0.2, 0) is 6.42 Å². The second kappa shape index (κ2) is 6.25. The van der Waals surface area contributed by atoms with Crippen molar-refractivity contribution in [3.63, 3.8) is 0 Å². The Kier molecular flexibility index (Phi) is 4.19. The van der Waals surface area contributed by atoms with Crippen LogP contribution in [0.15, 0.2) is 53.1 Å². The molecule has 0 amide bonds. The summed E-state index contributed by atoms with van der Waals surface area (Å²) in [5.41, 5.74) is 1.39. The third-order valence-corrected chi connectivity index (χ3v) is 4.11. The van der Waals surface area contributed by atoms with Crippen molar-refractivity contribution < 1.29 is 4.42 Å². The molecule has 0 radical (unpaired) electrons. The minimum absolute atomic E-state index is 0.454. The Labute approximate surface area is 120 Å². The number of piperazine rings is 1. The Hall–Kier alpha value is -1.58. The predicted octanol–water partition coefficient (Wildman–Crippen LogP) is 2.86. The van der Waals surface area contributed by atoms with Crippen molar-refractivity contribution in [3.8, 4) is 0 Å². The molecule has 1 fully saturated rings. The molecule has 3 heteroatoms. The van der Waals surface area contributed by atoms with Gasteiger partial charge in [0.2, 0.25) is 0 Å². The molecule has 0 saturated carbocycles. The maximum Gasteiger partial charge on any atom is 0.105 e. The summed E-state index contributed by atoms with van der Waals surface area (Å²) in [4.78, 5) is 2.59. The van der Waals surface area contributed by atoms with E-state index in [0.717, 1.165) is 31.8 Å². The van der Waals surface area contributed by atoms with Crippen molar-refractivity contribution in [3.05, 3.63) is 60.1 Å². The number of nitrogens with zero attached hydrogens (tertiary/aromatic N) is 1. The molecule has 1 aromatic heterocycles. The molecule has 1 N–H and O–H groups in total. The molecular formula is C17H22N2O. The van der Waals surface area contributed by atoms with E-state index >= 15 is 0 Å². The minimum Gasteiger partial charge on any atom is -0.469 e. The van der Waals surface area contributed by atoms with Gasteiger partial charge in [-0.1, -0.05) is 30.3 Å². The van der Waals surface area contributed by atoms with Crippen molar-refractivity contribution in [2.75, 3.05) is 19.6 Å².